The van der Waals surface area contributed by atoms with Gasteiger partial charge < -0.3 is 14.2 Å². The molecule has 146 valence electrons. The van der Waals surface area contributed by atoms with E-state index in [0.29, 0.717) is 6.04 Å². The smallest absolute Gasteiger partial charge is 0.119 e. The maximum atomic E-state index is 5.99. The Morgan fingerprint density at radius 1 is 1.23 bits per heavy atom. The van der Waals surface area contributed by atoms with Gasteiger partial charge in [0.15, 0.2) is 0 Å². The molecular formula is C21H34N2O3. The Bertz CT molecular complexity index is 558. The van der Waals surface area contributed by atoms with Gasteiger partial charge in [-0.2, -0.15) is 0 Å². The average Bonchev–Trinajstić information content (AvgIpc) is 2.62. The molecule has 0 radical (unpaired) electrons. The highest BCUT2D eigenvalue weighted by Crippen LogP contribution is 2.27. The van der Waals surface area contributed by atoms with Crippen molar-refractivity contribution in [3.63, 3.8) is 0 Å². The van der Waals surface area contributed by atoms with Gasteiger partial charge in [-0.3, -0.25) is 9.80 Å². The second kappa shape index (κ2) is 9.18. The van der Waals surface area contributed by atoms with Crippen molar-refractivity contribution in [1.82, 2.24) is 9.80 Å². The molecule has 0 saturated carbocycles. The summed E-state index contributed by atoms with van der Waals surface area (Å²) >= 11 is 0. The minimum atomic E-state index is -0.0123. The van der Waals surface area contributed by atoms with E-state index in [2.05, 4.69) is 55.0 Å². The second-order valence-electron chi connectivity index (χ2n) is 8.12. The van der Waals surface area contributed by atoms with Gasteiger partial charge in [0.1, 0.15) is 12.4 Å². The van der Waals surface area contributed by atoms with E-state index in [1.54, 1.807) is 0 Å². The first-order valence-electron chi connectivity index (χ1n) is 9.88. The number of nitrogens with zero attached hydrogens (tertiary/aromatic N) is 2. The Hall–Kier alpha value is -1.14. The Morgan fingerprint density at radius 3 is 2.81 bits per heavy atom. The number of benzene rings is 1. The van der Waals surface area contributed by atoms with Crippen LogP contribution >= 0.6 is 0 Å². The molecule has 0 bridgehead atoms. The van der Waals surface area contributed by atoms with E-state index in [-0.39, 0.29) is 5.60 Å². The molecule has 2 fully saturated rings. The van der Waals surface area contributed by atoms with Gasteiger partial charge >= 0.3 is 0 Å². The van der Waals surface area contributed by atoms with E-state index < -0.39 is 0 Å². The van der Waals surface area contributed by atoms with E-state index in [1.807, 2.05) is 0 Å². The third kappa shape index (κ3) is 5.95. The first-order valence-corrected chi connectivity index (χ1v) is 9.88. The summed E-state index contributed by atoms with van der Waals surface area (Å²) in [6.45, 7) is 11.6. The minimum absolute atomic E-state index is 0.0123. The van der Waals surface area contributed by atoms with Crippen molar-refractivity contribution in [2.24, 2.45) is 0 Å². The van der Waals surface area contributed by atoms with Crippen molar-refractivity contribution < 1.29 is 14.2 Å². The normalized spacial score (nSPS) is 23.9. The molecule has 0 unspecified atom stereocenters. The zero-order valence-corrected chi connectivity index (χ0v) is 16.6. The highest BCUT2D eigenvalue weighted by molar-refractivity contribution is 5.28. The molecule has 3 rings (SSSR count). The van der Waals surface area contributed by atoms with Crippen LogP contribution in [0.5, 0.6) is 5.75 Å². The van der Waals surface area contributed by atoms with Crippen LogP contribution in [0.1, 0.15) is 32.3 Å². The first-order chi connectivity index (χ1) is 12.5. The van der Waals surface area contributed by atoms with Crippen LogP contribution < -0.4 is 4.74 Å². The standard InChI is InChI=1S/C21H34N2O3/c1-21(2)16-19(7-11-26-21)22(3)17-18-5-4-6-20(15-18)25-14-10-23-8-12-24-13-9-23/h4-6,15,19H,7-14,16-17H2,1-3H3/t19-/m1/s1. The van der Waals surface area contributed by atoms with E-state index in [0.717, 1.165) is 71.2 Å². The van der Waals surface area contributed by atoms with Gasteiger partial charge in [0.2, 0.25) is 0 Å². The molecule has 1 aromatic carbocycles. The summed E-state index contributed by atoms with van der Waals surface area (Å²) in [6, 6.07) is 9.10. The monoisotopic (exact) mass is 362 g/mol. The fraction of sp³-hybridized carbons (Fsp3) is 0.714. The highest BCUT2D eigenvalue weighted by Gasteiger charge is 2.30. The third-order valence-electron chi connectivity index (χ3n) is 5.40. The fourth-order valence-electron chi connectivity index (χ4n) is 3.84. The predicted molar refractivity (Wildman–Crippen MR) is 104 cm³/mol. The molecule has 1 atom stereocenters. The fourth-order valence-corrected chi connectivity index (χ4v) is 3.84. The average molecular weight is 363 g/mol. The van der Waals surface area contributed by atoms with Crippen molar-refractivity contribution in [3.8, 4) is 5.75 Å². The molecule has 1 aromatic rings. The summed E-state index contributed by atoms with van der Waals surface area (Å²) < 4.78 is 17.2. The third-order valence-corrected chi connectivity index (χ3v) is 5.40. The van der Waals surface area contributed by atoms with Crippen LogP contribution in [0, 0.1) is 0 Å². The van der Waals surface area contributed by atoms with E-state index >= 15 is 0 Å². The Morgan fingerprint density at radius 2 is 2.04 bits per heavy atom. The maximum absolute atomic E-state index is 5.99. The summed E-state index contributed by atoms with van der Waals surface area (Å²) in [5.74, 6) is 0.969. The topological polar surface area (TPSA) is 34.2 Å². The van der Waals surface area contributed by atoms with E-state index in [1.165, 1.54) is 5.56 Å². The Labute approximate surface area is 158 Å². The minimum Gasteiger partial charge on any atom is -0.492 e. The zero-order chi connectivity index (χ0) is 18.4. The van der Waals surface area contributed by atoms with Gasteiger partial charge in [0, 0.05) is 38.8 Å². The molecular weight excluding hydrogens is 328 g/mol. The molecule has 2 aliphatic heterocycles. The van der Waals surface area contributed by atoms with Crippen LogP contribution in [-0.4, -0.2) is 74.6 Å². The summed E-state index contributed by atoms with van der Waals surface area (Å²) in [5, 5.41) is 0. The Balaban J connectivity index is 1.47. The van der Waals surface area contributed by atoms with Gasteiger partial charge in [-0.15, -0.1) is 0 Å². The summed E-state index contributed by atoms with van der Waals surface area (Å²) in [5.41, 5.74) is 1.29. The van der Waals surface area contributed by atoms with Crippen molar-refractivity contribution in [2.45, 2.75) is 44.9 Å². The lowest BCUT2D eigenvalue weighted by Crippen LogP contribution is -2.44. The van der Waals surface area contributed by atoms with Crippen LogP contribution in [-0.2, 0) is 16.0 Å². The van der Waals surface area contributed by atoms with Gasteiger partial charge in [-0.1, -0.05) is 12.1 Å². The van der Waals surface area contributed by atoms with Crippen molar-refractivity contribution in [1.29, 1.82) is 0 Å². The summed E-state index contributed by atoms with van der Waals surface area (Å²) in [7, 11) is 2.22. The molecule has 2 aliphatic rings. The molecule has 2 heterocycles. The van der Waals surface area contributed by atoms with Gasteiger partial charge in [0.25, 0.3) is 0 Å². The van der Waals surface area contributed by atoms with Crippen LogP contribution in [0.2, 0.25) is 0 Å². The molecule has 0 amide bonds. The van der Waals surface area contributed by atoms with Crippen LogP contribution in [0.4, 0.5) is 0 Å². The van der Waals surface area contributed by atoms with Crippen molar-refractivity contribution in [3.05, 3.63) is 29.8 Å². The number of rotatable bonds is 7. The molecule has 0 aromatic heterocycles. The number of ether oxygens (including phenoxy) is 3. The van der Waals surface area contributed by atoms with Gasteiger partial charge in [-0.05, 0) is 51.4 Å². The molecule has 0 aliphatic carbocycles. The molecule has 0 N–H and O–H groups in total. The summed E-state index contributed by atoms with van der Waals surface area (Å²) in [6.07, 6.45) is 2.19. The van der Waals surface area contributed by atoms with Crippen molar-refractivity contribution >= 4 is 0 Å². The molecule has 5 nitrogen and oxygen atoms in total. The lowest BCUT2D eigenvalue weighted by Gasteiger charge is -2.39. The lowest BCUT2D eigenvalue weighted by molar-refractivity contribution is -0.0809. The summed E-state index contributed by atoms with van der Waals surface area (Å²) in [4.78, 5) is 4.85. The van der Waals surface area contributed by atoms with E-state index in [9.17, 15) is 0 Å². The van der Waals surface area contributed by atoms with Crippen LogP contribution in [0.3, 0.4) is 0 Å². The Kier molecular flexibility index (Phi) is 6.92. The lowest BCUT2D eigenvalue weighted by atomic mass is 9.93. The highest BCUT2D eigenvalue weighted by atomic mass is 16.5. The maximum Gasteiger partial charge on any atom is 0.119 e. The zero-order valence-electron chi connectivity index (χ0n) is 16.6. The molecule has 26 heavy (non-hydrogen) atoms. The van der Waals surface area contributed by atoms with Crippen LogP contribution in [0.15, 0.2) is 24.3 Å². The second-order valence-corrected chi connectivity index (χ2v) is 8.12. The number of hydrogen-bond donors (Lipinski definition) is 0. The number of morpholine rings is 1. The molecule has 0 spiro atoms. The van der Waals surface area contributed by atoms with Gasteiger partial charge in [-0.25, -0.2) is 0 Å². The van der Waals surface area contributed by atoms with E-state index in [4.69, 9.17) is 14.2 Å². The first kappa shape index (κ1) is 19.6. The van der Waals surface area contributed by atoms with Gasteiger partial charge in [0.05, 0.1) is 18.8 Å². The number of hydrogen-bond acceptors (Lipinski definition) is 5. The predicted octanol–water partition coefficient (Wildman–Crippen LogP) is 2.79. The molecule has 2 saturated heterocycles. The quantitative estimate of drug-likeness (QED) is 0.745. The molecule has 5 heteroatoms. The largest absolute Gasteiger partial charge is 0.492 e. The van der Waals surface area contributed by atoms with Crippen molar-refractivity contribution in [2.75, 3.05) is 53.1 Å². The SMILES string of the molecule is CN(Cc1cccc(OCCN2CCOCC2)c1)[C@@H]1CCOC(C)(C)C1. The van der Waals surface area contributed by atoms with Crippen LogP contribution in [0.25, 0.3) is 0 Å².